The van der Waals surface area contributed by atoms with Crippen LogP contribution in [0.15, 0.2) is 22.7 Å². The van der Waals surface area contributed by atoms with Crippen LogP contribution in [0.5, 0.6) is 5.75 Å². The molecule has 1 fully saturated rings. The van der Waals surface area contributed by atoms with E-state index in [1.807, 2.05) is 24.1 Å². The van der Waals surface area contributed by atoms with Gasteiger partial charge in [0.2, 0.25) is 5.91 Å². The van der Waals surface area contributed by atoms with E-state index in [1.54, 1.807) is 7.11 Å². The van der Waals surface area contributed by atoms with Crippen LogP contribution in [0.2, 0.25) is 0 Å². The molecular weight excluding hydrogens is 308 g/mol. The molecule has 1 saturated heterocycles. The third-order valence-corrected chi connectivity index (χ3v) is 3.99. The molecule has 0 N–H and O–H groups in total. The highest BCUT2D eigenvalue weighted by Crippen LogP contribution is 2.26. The Balaban J connectivity index is 2.04. The van der Waals surface area contributed by atoms with Crippen LogP contribution in [0.1, 0.15) is 12.0 Å². The molecule has 1 amide bonds. The first-order valence-electron chi connectivity index (χ1n) is 6.39. The molecule has 0 bridgehead atoms. The molecular formula is C14H19BrN2O2. The number of hydrogen-bond acceptors (Lipinski definition) is 3. The molecule has 1 aliphatic rings. The Morgan fingerprint density at radius 1 is 1.37 bits per heavy atom. The molecule has 1 aromatic carbocycles. The van der Waals surface area contributed by atoms with E-state index in [4.69, 9.17) is 4.74 Å². The summed E-state index contributed by atoms with van der Waals surface area (Å²) >= 11 is 3.49. The van der Waals surface area contributed by atoms with E-state index in [0.29, 0.717) is 6.54 Å². The van der Waals surface area contributed by atoms with Gasteiger partial charge < -0.3 is 9.64 Å². The molecule has 1 heterocycles. The standard InChI is InChI=1S/C14H19BrN2O2/c1-16-6-3-7-17(10-14(16)18)9-11-4-5-13(19-2)12(15)8-11/h4-5,8H,3,6-7,9-10H2,1-2H3. The monoisotopic (exact) mass is 326 g/mol. The van der Waals surface area contributed by atoms with Gasteiger partial charge in [0.05, 0.1) is 18.1 Å². The third-order valence-electron chi connectivity index (χ3n) is 3.37. The van der Waals surface area contributed by atoms with Crippen molar-refractivity contribution in [3.8, 4) is 5.75 Å². The number of rotatable bonds is 3. The van der Waals surface area contributed by atoms with Gasteiger partial charge in [-0.3, -0.25) is 9.69 Å². The summed E-state index contributed by atoms with van der Waals surface area (Å²) in [6.45, 7) is 3.10. The SMILES string of the molecule is COc1ccc(CN2CCCN(C)C(=O)C2)cc1Br. The van der Waals surface area contributed by atoms with Gasteiger partial charge in [0.1, 0.15) is 5.75 Å². The molecule has 1 aliphatic heterocycles. The molecule has 2 rings (SSSR count). The van der Waals surface area contributed by atoms with Crippen molar-refractivity contribution >= 4 is 21.8 Å². The largest absolute Gasteiger partial charge is 0.496 e. The fraction of sp³-hybridized carbons (Fsp3) is 0.500. The van der Waals surface area contributed by atoms with E-state index < -0.39 is 0 Å². The highest BCUT2D eigenvalue weighted by molar-refractivity contribution is 9.10. The summed E-state index contributed by atoms with van der Waals surface area (Å²) in [5.74, 6) is 1.03. The van der Waals surface area contributed by atoms with Crippen molar-refractivity contribution in [3.63, 3.8) is 0 Å². The molecule has 1 aromatic rings. The molecule has 0 aromatic heterocycles. The average Bonchev–Trinajstić information content (AvgIpc) is 2.52. The van der Waals surface area contributed by atoms with Crippen molar-refractivity contribution in [1.82, 2.24) is 9.80 Å². The van der Waals surface area contributed by atoms with Crippen LogP contribution in [0.3, 0.4) is 0 Å². The minimum atomic E-state index is 0.199. The number of benzene rings is 1. The van der Waals surface area contributed by atoms with E-state index >= 15 is 0 Å². The fourth-order valence-electron chi connectivity index (χ4n) is 2.25. The molecule has 0 radical (unpaired) electrons. The van der Waals surface area contributed by atoms with Crippen molar-refractivity contribution in [2.75, 3.05) is 33.8 Å². The number of carbonyl (C=O) groups is 1. The Morgan fingerprint density at radius 3 is 2.84 bits per heavy atom. The number of hydrogen-bond donors (Lipinski definition) is 0. The van der Waals surface area contributed by atoms with Crippen LogP contribution in [0, 0.1) is 0 Å². The number of halogens is 1. The van der Waals surface area contributed by atoms with Crippen LogP contribution >= 0.6 is 15.9 Å². The first-order chi connectivity index (χ1) is 9.10. The van der Waals surface area contributed by atoms with Crippen LogP contribution < -0.4 is 4.74 Å². The summed E-state index contributed by atoms with van der Waals surface area (Å²) in [7, 11) is 3.53. The normalized spacial score (nSPS) is 17.4. The molecule has 0 aliphatic carbocycles. The van der Waals surface area contributed by atoms with Crippen LogP contribution in [0.25, 0.3) is 0 Å². The van der Waals surface area contributed by atoms with Gasteiger partial charge in [0, 0.05) is 26.7 Å². The van der Waals surface area contributed by atoms with Gasteiger partial charge >= 0.3 is 0 Å². The summed E-state index contributed by atoms with van der Waals surface area (Å²) in [6.07, 6.45) is 1.03. The maximum Gasteiger partial charge on any atom is 0.236 e. The first-order valence-corrected chi connectivity index (χ1v) is 7.18. The topological polar surface area (TPSA) is 32.8 Å². The Kier molecular flexibility index (Phi) is 4.82. The average molecular weight is 327 g/mol. The van der Waals surface area contributed by atoms with Gasteiger partial charge in [-0.05, 0) is 40.0 Å². The lowest BCUT2D eigenvalue weighted by atomic mass is 10.2. The maximum absolute atomic E-state index is 11.8. The second-order valence-corrected chi connectivity index (χ2v) is 5.70. The number of methoxy groups -OCH3 is 1. The zero-order valence-electron chi connectivity index (χ0n) is 11.4. The van der Waals surface area contributed by atoms with Crippen LogP contribution in [-0.2, 0) is 11.3 Å². The zero-order valence-corrected chi connectivity index (χ0v) is 12.9. The van der Waals surface area contributed by atoms with Crippen molar-refractivity contribution in [2.24, 2.45) is 0 Å². The Morgan fingerprint density at radius 2 is 2.16 bits per heavy atom. The van der Waals surface area contributed by atoms with Gasteiger partial charge in [-0.25, -0.2) is 0 Å². The lowest BCUT2D eigenvalue weighted by Gasteiger charge is -2.19. The second-order valence-electron chi connectivity index (χ2n) is 4.85. The van der Waals surface area contributed by atoms with E-state index in [9.17, 15) is 4.79 Å². The molecule has 104 valence electrons. The van der Waals surface area contributed by atoms with Gasteiger partial charge in [-0.15, -0.1) is 0 Å². The smallest absolute Gasteiger partial charge is 0.236 e. The fourth-order valence-corrected chi connectivity index (χ4v) is 2.84. The lowest BCUT2D eigenvalue weighted by molar-refractivity contribution is -0.129. The van der Waals surface area contributed by atoms with Crippen LogP contribution in [-0.4, -0.2) is 49.5 Å². The molecule has 0 unspecified atom stereocenters. The minimum Gasteiger partial charge on any atom is -0.496 e. The molecule has 0 atom stereocenters. The van der Waals surface area contributed by atoms with Crippen molar-refractivity contribution in [3.05, 3.63) is 28.2 Å². The third kappa shape index (κ3) is 3.70. The molecule has 19 heavy (non-hydrogen) atoms. The van der Waals surface area contributed by atoms with Crippen molar-refractivity contribution in [2.45, 2.75) is 13.0 Å². The highest BCUT2D eigenvalue weighted by Gasteiger charge is 2.18. The Hall–Kier alpha value is -1.07. The highest BCUT2D eigenvalue weighted by atomic mass is 79.9. The lowest BCUT2D eigenvalue weighted by Crippen LogP contribution is -2.34. The summed E-state index contributed by atoms with van der Waals surface area (Å²) in [5.41, 5.74) is 1.19. The maximum atomic E-state index is 11.8. The summed E-state index contributed by atoms with van der Waals surface area (Å²) in [6, 6.07) is 6.05. The molecule has 0 saturated carbocycles. The number of carbonyl (C=O) groups excluding carboxylic acids is 1. The van der Waals surface area contributed by atoms with Gasteiger partial charge in [0.25, 0.3) is 0 Å². The predicted octanol–water partition coefficient (Wildman–Crippen LogP) is 2.12. The molecule has 5 heteroatoms. The van der Waals surface area contributed by atoms with Gasteiger partial charge in [-0.2, -0.15) is 0 Å². The first kappa shape index (κ1) is 14.3. The summed E-state index contributed by atoms with van der Waals surface area (Å²) in [4.78, 5) is 15.8. The van der Waals surface area contributed by atoms with Gasteiger partial charge in [-0.1, -0.05) is 6.07 Å². The predicted molar refractivity (Wildman–Crippen MR) is 78.2 cm³/mol. The zero-order chi connectivity index (χ0) is 13.8. The van der Waals surface area contributed by atoms with Gasteiger partial charge in [0.15, 0.2) is 0 Å². The Labute approximate surface area is 122 Å². The van der Waals surface area contributed by atoms with E-state index in [0.717, 1.165) is 36.3 Å². The minimum absolute atomic E-state index is 0.199. The summed E-state index contributed by atoms with van der Waals surface area (Å²) < 4.78 is 6.17. The van der Waals surface area contributed by atoms with Crippen molar-refractivity contribution < 1.29 is 9.53 Å². The van der Waals surface area contributed by atoms with E-state index in [2.05, 4.69) is 26.9 Å². The second kappa shape index (κ2) is 6.39. The summed E-state index contributed by atoms with van der Waals surface area (Å²) in [5, 5.41) is 0. The number of nitrogens with zero attached hydrogens (tertiary/aromatic N) is 2. The Bertz CT molecular complexity index is 465. The number of likely N-dealkylation sites (N-methyl/N-ethyl adjacent to an activating group) is 1. The number of amides is 1. The van der Waals surface area contributed by atoms with Crippen LogP contribution in [0.4, 0.5) is 0 Å². The quantitative estimate of drug-likeness (QED) is 0.853. The molecule has 4 nitrogen and oxygen atoms in total. The number of ether oxygens (including phenoxy) is 1. The molecule has 0 spiro atoms. The van der Waals surface area contributed by atoms with Crippen molar-refractivity contribution in [1.29, 1.82) is 0 Å². The van der Waals surface area contributed by atoms with E-state index in [-0.39, 0.29) is 5.91 Å². The van der Waals surface area contributed by atoms with E-state index in [1.165, 1.54) is 5.56 Å².